The molecule has 34 heavy (non-hydrogen) atoms. The van der Waals surface area contributed by atoms with Gasteiger partial charge in [-0.3, -0.25) is 0 Å². The van der Waals surface area contributed by atoms with Crippen LogP contribution < -0.4 is 4.74 Å². The van der Waals surface area contributed by atoms with Crippen LogP contribution in [0, 0.1) is 5.92 Å². The molecule has 0 saturated heterocycles. The number of benzene rings is 2. The zero-order valence-electron chi connectivity index (χ0n) is 20.4. The van der Waals surface area contributed by atoms with E-state index >= 15 is 0 Å². The van der Waals surface area contributed by atoms with E-state index in [9.17, 15) is 4.79 Å². The zero-order valence-corrected chi connectivity index (χ0v) is 20.4. The number of esters is 1. The van der Waals surface area contributed by atoms with E-state index in [1.807, 2.05) is 12.1 Å². The molecule has 0 unspecified atom stereocenters. The number of carbonyl (C=O) groups is 1. The lowest BCUT2D eigenvalue weighted by Gasteiger charge is -2.28. The molecule has 2 aromatic carbocycles. The number of aliphatic hydroxyl groups is 1. The zero-order chi connectivity index (χ0) is 24.0. The smallest absolute Gasteiger partial charge is 0.330 e. The number of unbranched alkanes of at least 4 members (excludes halogenated alkanes) is 3. The largest absolute Gasteiger partial charge is 0.494 e. The van der Waals surface area contributed by atoms with Crippen LogP contribution in [0.5, 0.6) is 5.75 Å². The van der Waals surface area contributed by atoms with Gasteiger partial charge in [0, 0.05) is 12.7 Å². The number of carbonyl (C=O) groups excluding carboxylic acids is 1. The lowest BCUT2D eigenvalue weighted by molar-refractivity contribution is -0.137. The van der Waals surface area contributed by atoms with Crippen LogP contribution in [0.15, 0.2) is 61.2 Å². The van der Waals surface area contributed by atoms with Gasteiger partial charge < -0.3 is 14.6 Å². The Bertz CT molecular complexity index is 848. The Morgan fingerprint density at radius 3 is 2.09 bits per heavy atom. The molecule has 0 atom stereocenters. The maximum atomic E-state index is 11.0. The minimum absolute atomic E-state index is 0.326. The number of rotatable bonds is 14. The molecule has 1 N–H and O–H groups in total. The quantitative estimate of drug-likeness (QED) is 0.185. The molecule has 0 amide bonds. The molecule has 1 fully saturated rings. The SMILES string of the molecule is C=CC(=O)OCCCCCCOc1ccc(-c2ccc(C3CCC(CCCO)CC3)cc2)cc1. The van der Waals surface area contributed by atoms with E-state index in [4.69, 9.17) is 14.6 Å². The fourth-order valence-corrected chi connectivity index (χ4v) is 4.84. The standard InChI is InChI=1S/C30H40O4/c1-2-30(32)34-23-6-4-3-5-22-33-29-19-17-28(18-20-29)27-15-13-26(14-16-27)25-11-9-24(10-12-25)8-7-21-31/h2,13-20,24-25,31H,1,3-12,21-23H2. The van der Waals surface area contributed by atoms with Gasteiger partial charge in [0.2, 0.25) is 0 Å². The first kappa shape index (κ1) is 26.0. The van der Waals surface area contributed by atoms with Crippen LogP contribution in [0.2, 0.25) is 0 Å². The third-order valence-electron chi connectivity index (χ3n) is 6.91. The Kier molecular flexibility index (Phi) is 11.2. The molecule has 1 aliphatic rings. The van der Waals surface area contributed by atoms with E-state index in [1.54, 1.807) is 0 Å². The fourth-order valence-electron chi connectivity index (χ4n) is 4.84. The van der Waals surface area contributed by atoms with Crippen molar-refractivity contribution in [2.75, 3.05) is 19.8 Å². The van der Waals surface area contributed by atoms with Crippen molar-refractivity contribution in [3.8, 4) is 16.9 Å². The van der Waals surface area contributed by atoms with E-state index in [0.717, 1.165) is 43.8 Å². The van der Waals surface area contributed by atoms with Crippen LogP contribution in [-0.4, -0.2) is 30.9 Å². The van der Waals surface area contributed by atoms with E-state index in [2.05, 4.69) is 43.0 Å². The molecule has 4 nitrogen and oxygen atoms in total. The average molecular weight is 465 g/mol. The summed E-state index contributed by atoms with van der Waals surface area (Å²) < 4.78 is 10.9. The van der Waals surface area contributed by atoms with Gasteiger partial charge in [0.1, 0.15) is 5.75 Å². The first-order valence-corrected chi connectivity index (χ1v) is 12.9. The highest BCUT2D eigenvalue weighted by atomic mass is 16.5. The van der Waals surface area contributed by atoms with Gasteiger partial charge in [0.05, 0.1) is 13.2 Å². The Morgan fingerprint density at radius 1 is 0.853 bits per heavy atom. The van der Waals surface area contributed by atoms with Gasteiger partial charge in [-0.25, -0.2) is 4.79 Å². The van der Waals surface area contributed by atoms with Gasteiger partial charge in [0.15, 0.2) is 0 Å². The van der Waals surface area contributed by atoms with Crippen molar-refractivity contribution in [3.05, 3.63) is 66.7 Å². The van der Waals surface area contributed by atoms with Gasteiger partial charge in [-0.15, -0.1) is 0 Å². The monoisotopic (exact) mass is 464 g/mol. The molecule has 1 aliphatic carbocycles. The van der Waals surface area contributed by atoms with E-state index in [0.29, 0.717) is 25.7 Å². The lowest BCUT2D eigenvalue weighted by atomic mass is 9.77. The number of ether oxygens (including phenoxy) is 2. The van der Waals surface area contributed by atoms with Crippen molar-refractivity contribution in [1.82, 2.24) is 0 Å². The Balaban J connectivity index is 1.36. The highest BCUT2D eigenvalue weighted by molar-refractivity contribution is 5.81. The second-order valence-electron chi connectivity index (χ2n) is 9.36. The minimum atomic E-state index is -0.351. The van der Waals surface area contributed by atoms with Gasteiger partial charge >= 0.3 is 5.97 Å². The summed E-state index contributed by atoms with van der Waals surface area (Å²) in [5.74, 6) is 2.03. The Labute approximate surface area is 205 Å². The predicted molar refractivity (Wildman–Crippen MR) is 138 cm³/mol. The summed E-state index contributed by atoms with van der Waals surface area (Å²) in [7, 11) is 0. The Hall–Kier alpha value is -2.59. The maximum absolute atomic E-state index is 11.0. The highest BCUT2D eigenvalue weighted by Crippen LogP contribution is 2.38. The van der Waals surface area contributed by atoms with E-state index in [-0.39, 0.29) is 5.97 Å². The molecule has 0 spiro atoms. The van der Waals surface area contributed by atoms with Crippen LogP contribution >= 0.6 is 0 Å². The fraction of sp³-hybridized carbons (Fsp3) is 0.500. The number of hydrogen-bond donors (Lipinski definition) is 1. The van der Waals surface area contributed by atoms with Crippen molar-refractivity contribution >= 4 is 5.97 Å². The van der Waals surface area contributed by atoms with Gasteiger partial charge in [0.25, 0.3) is 0 Å². The second-order valence-corrected chi connectivity index (χ2v) is 9.36. The molecule has 0 bridgehead atoms. The van der Waals surface area contributed by atoms with Crippen molar-refractivity contribution in [2.24, 2.45) is 5.92 Å². The second kappa shape index (κ2) is 14.6. The Morgan fingerprint density at radius 2 is 1.47 bits per heavy atom. The third-order valence-corrected chi connectivity index (χ3v) is 6.91. The van der Waals surface area contributed by atoms with Crippen LogP contribution in [-0.2, 0) is 9.53 Å². The normalized spacial score (nSPS) is 17.8. The van der Waals surface area contributed by atoms with Crippen LogP contribution in [0.25, 0.3) is 11.1 Å². The summed E-state index contributed by atoms with van der Waals surface area (Å²) in [4.78, 5) is 11.0. The molecule has 2 aromatic rings. The maximum Gasteiger partial charge on any atom is 0.330 e. The summed E-state index contributed by atoms with van der Waals surface area (Å²) >= 11 is 0. The minimum Gasteiger partial charge on any atom is -0.494 e. The topological polar surface area (TPSA) is 55.8 Å². The summed E-state index contributed by atoms with van der Waals surface area (Å²) in [5, 5.41) is 9.04. The summed E-state index contributed by atoms with van der Waals surface area (Å²) in [6.45, 7) is 4.87. The molecule has 0 aliphatic heterocycles. The van der Waals surface area contributed by atoms with Crippen LogP contribution in [0.1, 0.15) is 75.7 Å². The average Bonchev–Trinajstić information content (AvgIpc) is 2.89. The van der Waals surface area contributed by atoms with E-state index in [1.165, 1.54) is 54.9 Å². The molecule has 1 saturated carbocycles. The molecular formula is C30H40O4. The molecule has 0 radical (unpaired) electrons. The lowest BCUT2D eigenvalue weighted by Crippen LogP contribution is -2.13. The van der Waals surface area contributed by atoms with Crippen molar-refractivity contribution in [2.45, 2.75) is 70.1 Å². The van der Waals surface area contributed by atoms with Gasteiger partial charge in [-0.1, -0.05) is 43.0 Å². The number of aliphatic hydroxyl groups excluding tert-OH is 1. The van der Waals surface area contributed by atoms with Crippen molar-refractivity contribution in [1.29, 1.82) is 0 Å². The predicted octanol–water partition coefficient (Wildman–Crippen LogP) is 7.07. The van der Waals surface area contributed by atoms with Crippen LogP contribution in [0.4, 0.5) is 0 Å². The first-order valence-electron chi connectivity index (χ1n) is 12.9. The summed E-state index contributed by atoms with van der Waals surface area (Å²) in [6, 6.07) is 17.4. The highest BCUT2D eigenvalue weighted by Gasteiger charge is 2.22. The number of hydrogen-bond acceptors (Lipinski definition) is 4. The van der Waals surface area contributed by atoms with E-state index < -0.39 is 0 Å². The molecule has 0 aromatic heterocycles. The van der Waals surface area contributed by atoms with Gasteiger partial charge in [-0.05, 0) is 105 Å². The molecular weight excluding hydrogens is 424 g/mol. The third kappa shape index (κ3) is 8.64. The molecule has 4 heteroatoms. The summed E-state index contributed by atoms with van der Waals surface area (Å²) in [6.07, 6.45) is 12.4. The molecule has 3 rings (SSSR count). The summed E-state index contributed by atoms with van der Waals surface area (Å²) in [5.41, 5.74) is 3.91. The molecule has 0 heterocycles. The van der Waals surface area contributed by atoms with Gasteiger partial charge in [-0.2, -0.15) is 0 Å². The molecule has 184 valence electrons. The van der Waals surface area contributed by atoms with Crippen molar-refractivity contribution in [3.63, 3.8) is 0 Å². The van der Waals surface area contributed by atoms with Crippen LogP contribution in [0.3, 0.4) is 0 Å². The first-order chi connectivity index (χ1) is 16.7. The van der Waals surface area contributed by atoms with Crippen molar-refractivity contribution < 1.29 is 19.4 Å².